The summed E-state index contributed by atoms with van der Waals surface area (Å²) in [7, 11) is 0. The monoisotopic (exact) mass is 283 g/mol. The Morgan fingerprint density at radius 3 is 2.62 bits per heavy atom. The lowest BCUT2D eigenvalue weighted by molar-refractivity contribution is 0.174. The summed E-state index contributed by atoms with van der Waals surface area (Å²) < 4.78 is 5.82. The Labute approximate surface area is 125 Å². The Bertz CT molecular complexity index is 612. The summed E-state index contributed by atoms with van der Waals surface area (Å²) in [5.74, 6) is 0.913. The number of hydrogen-bond acceptors (Lipinski definition) is 3. The fourth-order valence-corrected chi connectivity index (χ4v) is 2.81. The van der Waals surface area contributed by atoms with Crippen molar-refractivity contribution >= 4 is 11.4 Å². The van der Waals surface area contributed by atoms with Gasteiger partial charge in [0.15, 0.2) is 0 Å². The van der Waals surface area contributed by atoms with Gasteiger partial charge in [0, 0.05) is 17.8 Å². The first kappa shape index (κ1) is 14.0. The smallest absolute Gasteiger partial charge is 0.142 e. The zero-order valence-electron chi connectivity index (χ0n) is 12.3. The van der Waals surface area contributed by atoms with Gasteiger partial charge in [-0.1, -0.05) is 37.3 Å². The van der Waals surface area contributed by atoms with Crippen LogP contribution in [0.4, 0.5) is 11.4 Å². The van der Waals surface area contributed by atoms with Crippen LogP contribution in [0.5, 0.6) is 5.75 Å². The molecule has 0 amide bonds. The van der Waals surface area contributed by atoms with Gasteiger partial charge in [-0.05, 0) is 31.0 Å². The van der Waals surface area contributed by atoms with Crippen LogP contribution in [0.25, 0.3) is 0 Å². The number of para-hydroxylation sites is 3. The highest BCUT2D eigenvalue weighted by molar-refractivity contribution is 5.72. The van der Waals surface area contributed by atoms with Crippen LogP contribution in [0.15, 0.2) is 48.5 Å². The van der Waals surface area contributed by atoms with Crippen molar-refractivity contribution in [2.24, 2.45) is 0 Å². The second kappa shape index (κ2) is 6.19. The maximum absolute atomic E-state index is 10.3. The Hall–Kier alpha value is -2.00. The molecule has 1 N–H and O–H groups in total. The van der Waals surface area contributed by atoms with Crippen molar-refractivity contribution in [3.63, 3.8) is 0 Å². The molecule has 0 saturated heterocycles. The molecule has 0 unspecified atom stereocenters. The zero-order chi connectivity index (χ0) is 14.7. The second-order valence-electron chi connectivity index (χ2n) is 5.30. The van der Waals surface area contributed by atoms with Crippen molar-refractivity contribution in [2.45, 2.75) is 25.9 Å². The molecule has 21 heavy (non-hydrogen) atoms. The van der Waals surface area contributed by atoms with E-state index in [9.17, 15) is 5.11 Å². The molecule has 0 aliphatic carbocycles. The third-order valence-electron chi connectivity index (χ3n) is 3.91. The quantitative estimate of drug-likeness (QED) is 0.922. The Balaban J connectivity index is 2.08. The first-order valence-corrected chi connectivity index (χ1v) is 7.57. The standard InChI is InChI=1S/C18H21NO2/c1-2-17(20)14-8-3-4-9-15(14)19-12-7-13-21-18-11-6-5-10-16(18)19/h3-6,8-11,17,20H,2,7,12-13H2,1H3/t17-/m1/s1. The third-order valence-corrected chi connectivity index (χ3v) is 3.91. The van der Waals surface area contributed by atoms with Crippen LogP contribution in [-0.4, -0.2) is 18.3 Å². The molecule has 110 valence electrons. The predicted octanol–water partition coefficient (Wildman–Crippen LogP) is 4.05. The van der Waals surface area contributed by atoms with Gasteiger partial charge >= 0.3 is 0 Å². The maximum Gasteiger partial charge on any atom is 0.142 e. The van der Waals surface area contributed by atoms with E-state index in [4.69, 9.17) is 4.74 Å². The van der Waals surface area contributed by atoms with Crippen LogP contribution in [0.2, 0.25) is 0 Å². The molecule has 0 spiro atoms. The molecule has 3 rings (SSSR count). The number of ether oxygens (including phenoxy) is 1. The van der Waals surface area contributed by atoms with E-state index in [1.54, 1.807) is 0 Å². The summed E-state index contributed by atoms with van der Waals surface area (Å²) in [6, 6.07) is 16.2. The summed E-state index contributed by atoms with van der Waals surface area (Å²) in [6.07, 6.45) is 1.24. The number of hydrogen-bond donors (Lipinski definition) is 1. The van der Waals surface area contributed by atoms with Crippen LogP contribution in [0, 0.1) is 0 Å². The lowest BCUT2D eigenvalue weighted by Crippen LogP contribution is -2.20. The van der Waals surface area contributed by atoms with Gasteiger partial charge in [-0.15, -0.1) is 0 Å². The van der Waals surface area contributed by atoms with Gasteiger partial charge in [0.1, 0.15) is 5.75 Å². The van der Waals surface area contributed by atoms with Gasteiger partial charge in [0.2, 0.25) is 0 Å². The fraction of sp³-hybridized carbons (Fsp3) is 0.333. The van der Waals surface area contributed by atoms with Crippen molar-refractivity contribution in [1.29, 1.82) is 0 Å². The molecule has 0 bridgehead atoms. The van der Waals surface area contributed by atoms with Crippen molar-refractivity contribution in [2.75, 3.05) is 18.1 Å². The van der Waals surface area contributed by atoms with Crippen molar-refractivity contribution in [3.05, 3.63) is 54.1 Å². The summed E-state index contributed by atoms with van der Waals surface area (Å²) >= 11 is 0. The Morgan fingerprint density at radius 1 is 1.10 bits per heavy atom. The summed E-state index contributed by atoms with van der Waals surface area (Å²) in [4.78, 5) is 2.26. The van der Waals surface area contributed by atoms with E-state index in [0.29, 0.717) is 6.42 Å². The molecule has 1 heterocycles. The maximum atomic E-state index is 10.3. The lowest BCUT2D eigenvalue weighted by atomic mass is 10.0. The predicted molar refractivity (Wildman–Crippen MR) is 85.3 cm³/mol. The molecule has 0 radical (unpaired) electrons. The minimum atomic E-state index is -0.433. The number of benzene rings is 2. The first-order chi connectivity index (χ1) is 10.3. The summed E-state index contributed by atoms with van der Waals surface area (Å²) in [5, 5.41) is 10.3. The van der Waals surface area contributed by atoms with Crippen molar-refractivity contribution < 1.29 is 9.84 Å². The number of nitrogens with zero attached hydrogens (tertiary/aromatic N) is 1. The molecule has 0 aromatic heterocycles. The molecule has 1 aliphatic rings. The second-order valence-corrected chi connectivity index (χ2v) is 5.30. The van der Waals surface area contributed by atoms with Crippen LogP contribution in [0.3, 0.4) is 0 Å². The Morgan fingerprint density at radius 2 is 1.81 bits per heavy atom. The minimum Gasteiger partial charge on any atom is -0.491 e. The van der Waals surface area contributed by atoms with Gasteiger partial charge in [-0.2, -0.15) is 0 Å². The van der Waals surface area contributed by atoms with Crippen LogP contribution in [-0.2, 0) is 0 Å². The molecular weight excluding hydrogens is 262 g/mol. The van der Waals surface area contributed by atoms with Crippen molar-refractivity contribution in [1.82, 2.24) is 0 Å². The average molecular weight is 283 g/mol. The number of anilines is 2. The largest absolute Gasteiger partial charge is 0.491 e. The molecule has 3 heteroatoms. The van der Waals surface area contributed by atoms with E-state index in [1.165, 1.54) is 0 Å². The van der Waals surface area contributed by atoms with E-state index >= 15 is 0 Å². The molecule has 2 aromatic rings. The lowest BCUT2D eigenvalue weighted by Gasteiger charge is -2.27. The average Bonchev–Trinajstić information content (AvgIpc) is 2.76. The highest BCUT2D eigenvalue weighted by Crippen LogP contribution is 2.39. The van der Waals surface area contributed by atoms with E-state index in [1.807, 2.05) is 43.3 Å². The van der Waals surface area contributed by atoms with Gasteiger partial charge in [0.25, 0.3) is 0 Å². The van der Waals surface area contributed by atoms with Gasteiger partial charge in [-0.25, -0.2) is 0 Å². The van der Waals surface area contributed by atoms with Crippen LogP contribution in [0.1, 0.15) is 31.4 Å². The van der Waals surface area contributed by atoms with Crippen LogP contribution < -0.4 is 9.64 Å². The molecule has 0 saturated carbocycles. The first-order valence-electron chi connectivity index (χ1n) is 7.57. The molecular formula is C18H21NO2. The van der Waals surface area contributed by atoms with Gasteiger partial charge in [-0.3, -0.25) is 0 Å². The molecule has 3 nitrogen and oxygen atoms in total. The van der Waals surface area contributed by atoms with Crippen molar-refractivity contribution in [3.8, 4) is 5.75 Å². The molecule has 0 fully saturated rings. The van der Waals surface area contributed by atoms with E-state index in [0.717, 1.165) is 42.3 Å². The number of rotatable bonds is 3. The normalized spacial score (nSPS) is 15.8. The highest BCUT2D eigenvalue weighted by Gasteiger charge is 2.21. The SMILES string of the molecule is CC[C@@H](O)c1ccccc1N1CCCOc2ccccc21. The fourth-order valence-electron chi connectivity index (χ4n) is 2.81. The number of fused-ring (bicyclic) bond motifs is 1. The number of aliphatic hydroxyl groups excluding tert-OH is 1. The van der Waals surface area contributed by atoms with Gasteiger partial charge < -0.3 is 14.7 Å². The zero-order valence-corrected chi connectivity index (χ0v) is 12.3. The number of aliphatic hydroxyl groups is 1. The molecule has 1 aliphatic heterocycles. The van der Waals surface area contributed by atoms with Crippen LogP contribution >= 0.6 is 0 Å². The topological polar surface area (TPSA) is 32.7 Å². The minimum absolute atomic E-state index is 0.433. The summed E-state index contributed by atoms with van der Waals surface area (Å²) in [5.41, 5.74) is 3.13. The van der Waals surface area contributed by atoms with E-state index < -0.39 is 6.10 Å². The highest BCUT2D eigenvalue weighted by atomic mass is 16.5. The molecule has 2 aromatic carbocycles. The Kier molecular flexibility index (Phi) is 4.11. The molecule has 1 atom stereocenters. The van der Waals surface area contributed by atoms with E-state index in [2.05, 4.69) is 17.0 Å². The van der Waals surface area contributed by atoms with Gasteiger partial charge in [0.05, 0.1) is 18.4 Å². The van der Waals surface area contributed by atoms with E-state index in [-0.39, 0.29) is 0 Å². The third kappa shape index (κ3) is 2.74. The summed E-state index contributed by atoms with van der Waals surface area (Å²) in [6.45, 7) is 3.62.